The molecule has 1 amide bonds. The Morgan fingerprint density at radius 2 is 2.12 bits per heavy atom. The Bertz CT molecular complexity index is 397. The van der Waals surface area contributed by atoms with Crippen LogP contribution < -0.4 is 5.32 Å². The number of ether oxygens (including phenoxy) is 1. The van der Waals surface area contributed by atoms with Gasteiger partial charge in [-0.25, -0.2) is 9.78 Å². The van der Waals surface area contributed by atoms with Crippen LogP contribution in [0.25, 0.3) is 0 Å². The monoisotopic (exact) mass is 256 g/mol. The maximum Gasteiger partial charge on any atom is 0.408 e. The van der Waals surface area contributed by atoms with Crippen LogP contribution in [0, 0.1) is 0 Å². The molecule has 1 unspecified atom stereocenters. The van der Waals surface area contributed by atoms with E-state index < -0.39 is 17.2 Å². The largest absolute Gasteiger partial charge is 0.444 e. The normalized spacial score (nSPS) is 14.8. The van der Waals surface area contributed by atoms with E-state index >= 15 is 0 Å². The van der Waals surface area contributed by atoms with Crippen LogP contribution >= 0.6 is 11.3 Å². The van der Waals surface area contributed by atoms with Crippen molar-refractivity contribution in [1.29, 1.82) is 0 Å². The van der Waals surface area contributed by atoms with Crippen molar-refractivity contribution >= 4 is 23.7 Å². The fourth-order valence-corrected chi connectivity index (χ4v) is 1.85. The summed E-state index contributed by atoms with van der Waals surface area (Å²) in [5, 5.41) is 4.79. The van der Waals surface area contributed by atoms with Crippen LogP contribution in [0.5, 0.6) is 0 Å². The Morgan fingerprint density at radius 3 is 2.53 bits per heavy atom. The van der Waals surface area contributed by atoms with Gasteiger partial charge < -0.3 is 14.8 Å². The van der Waals surface area contributed by atoms with Crippen LogP contribution in [0.1, 0.15) is 32.7 Å². The van der Waals surface area contributed by atoms with Crippen molar-refractivity contribution in [2.75, 3.05) is 0 Å². The van der Waals surface area contributed by atoms with E-state index in [0.29, 0.717) is 11.3 Å². The Kier molecular flexibility index (Phi) is 3.87. The third-order valence-electron chi connectivity index (χ3n) is 1.87. The Hall–Kier alpha value is -1.43. The second-order valence-electron chi connectivity index (χ2n) is 4.78. The molecule has 1 N–H and O–H groups in total. The summed E-state index contributed by atoms with van der Waals surface area (Å²) in [5.41, 5.74) is -1.74. The number of hydrogen-bond donors (Lipinski definition) is 1. The molecule has 0 spiro atoms. The first kappa shape index (κ1) is 13.6. The molecule has 1 rings (SSSR count). The molecule has 0 bridgehead atoms. The molecule has 17 heavy (non-hydrogen) atoms. The number of carbonyl (C=O) groups is 2. The van der Waals surface area contributed by atoms with Gasteiger partial charge in [-0.05, 0) is 27.7 Å². The average Bonchev–Trinajstić information content (AvgIpc) is 2.67. The van der Waals surface area contributed by atoms with Crippen LogP contribution in [0.15, 0.2) is 11.6 Å². The summed E-state index contributed by atoms with van der Waals surface area (Å²) in [6.45, 7) is 6.86. The van der Waals surface area contributed by atoms with Gasteiger partial charge >= 0.3 is 6.09 Å². The molecule has 0 aliphatic rings. The summed E-state index contributed by atoms with van der Waals surface area (Å²) in [5.74, 6) is 0. The maximum absolute atomic E-state index is 11.6. The van der Waals surface area contributed by atoms with Gasteiger partial charge in [-0.15, -0.1) is 11.3 Å². The molecule has 0 aromatic carbocycles. The zero-order valence-corrected chi connectivity index (χ0v) is 11.1. The third-order valence-corrected chi connectivity index (χ3v) is 2.88. The van der Waals surface area contributed by atoms with Gasteiger partial charge in [-0.1, -0.05) is 0 Å². The number of alkyl carbamates (subject to hydrolysis) is 1. The Balaban J connectivity index is 2.77. The molecule has 0 aliphatic heterocycles. The second-order valence-corrected chi connectivity index (χ2v) is 5.68. The first-order valence-electron chi connectivity index (χ1n) is 5.14. The predicted molar refractivity (Wildman–Crippen MR) is 64.9 cm³/mol. The van der Waals surface area contributed by atoms with Crippen LogP contribution in [0.3, 0.4) is 0 Å². The van der Waals surface area contributed by atoms with E-state index in [2.05, 4.69) is 10.3 Å². The van der Waals surface area contributed by atoms with E-state index in [1.54, 1.807) is 39.3 Å². The molecule has 5 nitrogen and oxygen atoms in total. The van der Waals surface area contributed by atoms with Crippen molar-refractivity contribution in [3.63, 3.8) is 0 Å². The van der Waals surface area contributed by atoms with E-state index in [1.807, 2.05) is 0 Å². The minimum atomic E-state index is -1.14. The van der Waals surface area contributed by atoms with Gasteiger partial charge in [0.2, 0.25) is 0 Å². The number of carbonyl (C=O) groups excluding carboxylic acids is 2. The molecule has 1 aromatic heterocycles. The highest BCUT2D eigenvalue weighted by molar-refractivity contribution is 7.09. The quantitative estimate of drug-likeness (QED) is 0.841. The lowest BCUT2D eigenvalue weighted by molar-refractivity contribution is -0.113. The van der Waals surface area contributed by atoms with E-state index in [9.17, 15) is 9.59 Å². The standard InChI is InChI=1S/C11H16N2O3S/c1-10(2,3)16-9(15)13-11(4,7-14)8-12-5-6-17-8/h5-7H,1-4H3,(H,13,15). The molecule has 94 valence electrons. The van der Waals surface area contributed by atoms with Crippen LogP contribution in [-0.4, -0.2) is 23.0 Å². The highest BCUT2D eigenvalue weighted by atomic mass is 32.1. The number of rotatable bonds is 3. The van der Waals surface area contributed by atoms with Gasteiger partial charge in [0.25, 0.3) is 0 Å². The molecule has 0 fully saturated rings. The predicted octanol–water partition coefficient (Wildman–Crippen LogP) is 2.08. The summed E-state index contributed by atoms with van der Waals surface area (Å²) in [6.07, 6.45) is 1.59. The van der Waals surface area contributed by atoms with Gasteiger partial charge in [-0.2, -0.15) is 0 Å². The van der Waals surface area contributed by atoms with Gasteiger partial charge in [0.05, 0.1) is 0 Å². The summed E-state index contributed by atoms with van der Waals surface area (Å²) < 4.78 is 5.10. The van der Waals surface area contributed by atoms with E-state index in [1.165, 1.54) is 11.3 Å². The SMILES string of the molecule is CC(C)(C)OC(=O)NC(C)(C=O)c1nccs1. The van der Waals surface area contributed by atoms with E-state index in [-0.39, 0.29) is 0 Å². The minimum Gasteiger partial charge on any atom is -0.444 e. The first-order valence-corrected chi connectivity index (χ1v) is 6.02. The molecule has 6 heteroatoms. The molecule has 1 aromatic rings. The van der Waals surface area contributed by atoms with Gasteiger partial charge in [-0.3, -0.25) is 0 Å². The molecular formula is C11H16N2O3S. The van der Waals surface area contributed by atoms with Crippen LogP contribution in [0.4, 0.5) is 4.79 Å². The van der Waals surface area contributed by atoms with Crippen molar-refractivity contribution in [2.45, 2.75) is 38.8 Å². The lowest BCUT2D eigenvalue weighted by Crippen LogP contribution is -2.46. The lowest BCUT2D eigenvalue weighted by Gasteiger charge is -2.25. The topological polar surface area (TPSA) is 68.3 Å². The summed E-state index contributed by atoms with van der Waals surface area (Å²) >= 11 is 1.30. The fourth-order valence-electron chi connectivity index (χ4n) is 1.13. The summed E-state index contributed by atoms with van der Waals surface area (Å²) in [6, 6.07) is 0. The van der Waals surface area contributed by atoms with Crippen molar-refractivity contribution in [2.24, 2.45) is 0 Å². The summed E-state index contributed by atoms with van der Waals surface area (Å²) in [7, 11) is 0. The number of nitrogens with zero attached hydrogens (tertiary/aromatic N) is 1. The third kappa shape index (κ3) is 3.81. The molecular weight excluding hydrogens is 240 g/mol. The lowest BCUT2D eigenvalue weighted by atomic mass is 10.1. The molecule has 1 atom stereocenters. The number of aldehydes is 1. The van der Waals surface area contributed by atoms with Crippen molar-refractivity contribution in [3.05, 3.63) is 16.6 Å². The number of aromatic nitrogens is 1. The molecule has 1 heterocycles. The van der Waals surface area contributed by atoms with E-state index in [0.717, 1.165) is 0 Å². The summed E-state index contributed by atoms with van der Waals surface area (Å²) in [4.78, 5) is 26.8. The fraction of sp³-hybridized carbons (Fsp3) is 0.545. The van der Waals surface area contributed by atoms with Gasteiger partial charge in [0, 0.05) is 11.6 Å². The second kappa shape index (κ2) is 4.83. The molecule has 0 radical (unpaired) electrons. The number of hydrogen-bond acceptors (Lipinski definition) is 5. The highest BCUT2D eigenvalue weighted by Crippen LogP contribution is 2.21. The number of amides is 1. The minimum absolute atomic E-state index is 0.526. The van der Waals surface area contributed by atoms with Crippen molar-refractivity contribution < 1.29 is 14.3 Å². The Labute approximate surface area is 104 Å². The maximum atomic E-state index is 11.6. The highest BCUT2D eigenvalue weighted by Gasteiger charge is 2.32. The zero-order chi connectivity index (χ0) is 13.1. The van der Waals surface area contributed by atoms with Crippen molar-refractivity contribution in [1.82, 2.24) is 10.3 Å². The van der Waals surface area contributed by atoms with Crippen LogP contribution in [-0.2, 0) is 15.1 Å². The van der Waals surface area contributed by atoms with Gasteiger partial charge in [0.15, 0.2) is 6.29 Å². The van der Waals surface area contributed by atoms with Crippen LogP contribution in [0.2, 0.25) is 0 Å². The Morgan fingerprint density at radius 1 is 1.47 bits per heavy atom. The van der Waals surface area contributed by atoms with Gasteiger partial charge in [0.1, 0.15) is 16.1 Å². The van der Waals surface area contributed by atoms with E-state index in [4.69, 9.17) is 4.74 Å². The smallest absolute Gasteiger partial charge is 0.408 e. The zero-order valence-electron chi connectivity index (χ0n) is 10.3. The number of thiazole rings is 1. The molecule has 0 saturated carbocycles. The first-order chi connectivity index (χ1) is 7.77. The molecule has 0 aliphatic carbocycles. The average molecular weight is 256 g/mol. The number of nitrogens with one attached hydrogen (secondary N) is 1. The molecule has 0 saturated heterocycles. The van der Waals surface area contributed by atoms with Crippen molar-refractivity contribution in [3.8, 4) is 0 Å².